The van der Waals surface area contributed by atoms with Crippen LogP contribution in [0, 0.1) is 13.8 Å². The topological polar surface area (TPSA) is 63.3 Å². The van der Waals surface area contributed by atoms with Gasteiger partial charge in [-0.1, -0.05) is 13.0 Å². The Balaban J connectivity index is 0.00000220. The SMILES string of the molecule is CCc1cnc(CN=C(N)Nc2cc(C)cc(C)c2)s1.I. The molecule has 0 amide bonds. The third kappa shape index (κ3) is 5.62. The molecule has 0 radical (unpaired) electrons. The normalized spacial score (nSPS) is 11.1. The first-order chi connectivity index (χ1) is 9.56. The van der Waals surface area contributed by atoms with Gasteiger partial charge < -0.3 is 11.1 Å². The van der Waals surface area contributed by atoms with E-state index in [-0.39, 0.29) is 24.0 Å². The standard InChI is InChI=1S/C15H20N4S.HI/c1-4-13-8-17-14(20-13)9-18-15(16)19-12-6-10(2)5-11(3)7-12;/h5-8H,4,9H2,1-3H3,(H3,16,18,19);1H. The molecule has 2 aromatic rings. The van der Waals surface area contributed by atoms with Gasteiger partial charge in [-0.2, -0.15) is 0 Å². The van der Waals surface area contributed by atoms with Crippen molar-refractivity contribution >= 4 is 47.0 Å². The molecule has 0 bridgehead atoms. The number of nitrogens with one attached hydrogen (secondary N) is 1. The molecule has 0 atom stereocenters. The van der Waals surface area contributed by atoms with Crippen molar-refractivity contribution in [1.29, 1.82) is 0 Å². The summed E-state index contributed by atoms with van der Waals surface area (Å²) in [4.78, 5) is 9.92. The molecule has 0 unspecified atom stereocenters. The molecule has 114 valence electrons. The van der Waals surface area contributed by atoms with Gasteiger partial charge in [-0.05, 0) is 43.5 Å². The zero-order valence-corrected chi connectivity index (χ0v) is 15.7. The highest BCUT2D eigenvalue weighted by atomic mass is 127. The molecule has 0 saturated heterocycles. The van der Waals surface area contributed by atoms with Gasteiger partial charge >= 0.3 is 0 Å². The van der Waals surface area contributed by atoms with Crippen LogP contribution in [-0.4, -0.2) is 10.9 Å². The summed E-state index contributed by atoms with van der Waals surface area (Å²) < 4.78 is 0. The second-order valence-corrected chi connectivity index (χ2v) is 5.98. The Labute approximate surface area is 146 Å². The Bertz CT molecular complexity index is 602. The van der Waals surface area contributed by atoms with Crippen molar-refractivity contribution in [2.24, 2.45) is 10.7 Å². The monoisotopic (exact) mass is 416 g/mol. The number of nitrogens with two attached hydrogens (primary N) is 1. The van der Waals surface area contributed by atoms with E-state index in [0.717, 1.165) is 17.1 Å². The number of thiazole rings is 1. The van der Waals surface area contributed by atoms with Gasteiger partial charge in [0.2, 0.25) is 0 Å². The molecular formula is C15H21IN4S. The van der Waals surface area contributed by atoms with Crippen molar-refractivity contribution in [3.05, 3.63) is 45.4 Å². The van der Waals surface area contributed by atoms with Crippen molar-refractivity contribution in [3.8, 4) is 0 Å². The van der Waals surface area contributed by atoms with Crippen molar-refractivity contribution in [2.75, 3.05) is 5.32 Å². The second-order valence-electron chi connectivity index (χ2n) is 4.78. The van der Waals surface area contributed by atoms with Crippen LogP contribution in [0.25, 0.3) is 0 Å². The van der Waals surface area contributed by atoms with Crippen LogP contribution in [0.2, 0.25) is 0 Å². The summed E-state index contributed by atoms with van der Waals surface area (Å²) in [5.74, 6) is 0.420. The van der Waals surface area contributed by atoms with Crippen molar-refractivity contribution in [1.82, 2.24) is 4.98 Å². The van der Waals surface area contributed by atoms with E-state index in [0.29, 0.717) is 12.5 Å². The van der Waals surface area contributed by atoms with Crippen molar-refractivity contribution < 1.29 is 0 Å². The van der Waals surface area contributed by atoms with Gasteiger partial charge in [0.15, 0.2) is 5.96 Å². The molecule has 0 aliphatic heterocycles. The predicted octanol–water partition coefficient (Wildman–Crippen LogP) is 3.87. The highest BCUT2D eigenvalue weighted by Crippen LogP contribution is 2.15. The molecule has 2 rings (SSSR count). The van der Waals surface area contributed by atoms with Gasteiger partial charge in [-0.3, -0.25) is 0 Å². The quantitative estimate of drug-likeness (QED) is 0.452. The number of benzene rings is 1. The fourth-order valence-electron chi connectivity index (χ4n) is 1.97. The lowest BCUT2D eigenvalue weighted by atomic mass is 10.1. The molecule has 6 heteroatoms. The maximum atomic E-state index is 5.91. The fourth-order valence-corrected chi connectivity index (χ4v) is 2.76. The lowest BCUT2D eigenvalue weighted by Crippen LogP contribution is -2.22. The number of aromatic nitrogens is 1. The van der Waals surface area contributed by atoms with E-state index in [1.54, 1.807) is 11.3 Å². The lowest BCUT2D eigenvalue weighted by Gasteiger charge is -2.07. The van der Waals surface area contributed by atoms with Crippen LogP contribution < -0.4 is 11.1 Å². The average Bonchev–Trinajstić information content (AvgIpc) is 2.83. The summed E-state index contributed by atoms with van der Waals surface area (Å²) >= 11 is 1.68. The number of nitrogens with zero attached hydrogens (tertiary/aromatic N) is 2. The van der Waals surface area contributed by atoms with Gasteiger partial charge in [0.25, 0.3) is 0 Å². The molecule has 0 spiro atoms. The molecule has 4 nitrogen and oxygen atoms in total. The first-order valence-corrected chi connectivity index (χ1v) is 7.47. The van der Waals surface area contributed by atoms with Gasteiger partial charge in [0, 0.05) is 16.8 Å². The molecule has 0 aliphatic carbocycles. The highest BCUT2D eigenvalue weighted by Gasteiger charge is 2.01. The number of aryl methyl sites for hydroxylation is 3. The predicted molar refractivity (Wildman–Crippen MR) is 102 cm³/mol. The molecule has 0 saturated carbocycles. The molecule has 3 N–H and O–H groups in total. The number of hydrogen-bond acceptors (Lipinski definition) is 3. The Morgan fingerprint density at radius 3 is 2.52 bits per heavy atom. The second kappa shape index (κ2) is 8.33. The van der Waals surface area contributed by atoms with Crippen LogP contribution in [0.5, 0.6) is 0 Å². The summed E-state index contributed by atoms with van der Waals surface area (Å²) in [6.07, 6.45) is 2.92. The third-order valence-electron chi connectivity index (χ3n) is 2.83. The Morgan fingerprint density at radius 1 is 1.29 bits per heavy atom. The number of rotatable bonds is 4. The summed E-state index contributed by atoms with van der Waals surface area (Å²) in [5.41, 5.74) is 9.28. The Morgan fingerprint density at radius 2 is 1.95 bits per heavy atom. The number of aliphatic imine (C=N–C) groups is 1. The smallest absolute Gasteiger partial charge is 0.193 e. The molecule has 0 fully saturated rings. The highest BCUT2D eigenvalue weighted by molar-refractivity contribution is 14.0. The minimum atomic E-state index is 0. The molecule has 0 aliphatic rings. The zero-order chi connectivity index (χ0) is 14.5. The summed E-state index contributed by atoms with van der Waals surface area (Å²) in [5, 5.41) is 4.11. The third-order valence-corrected chi connectivity index (χ3v) is 3.96. The Hall–Kier alpha value is -1.15. The minimum absolute atomic E-state index is 0. The van der Waals surface area contributed by atoms with Crippen LogP contribution in [0.1, 0.15) is 27.9 Å². The zero-order valence-electron chi connectivity index (χ0n) is 12.5. The molecule has 1 heterocycles. The average molecular weight is 416 g/mol. The van der Waals surface area contributed by atoms with Crippen molar-refractivity contribution in [2.45, 2.75) is 33.7 Å². The van der Waals surface area contributed by atoms with E-state index in [4.69, 9.17) is 5.73 Å². The van der Waals surface area contributed by atoms with Gasteiger partial charge in [0.1, 0.15) is 5.01 Å². The first kappa shape index (κ1) is 17.9. The van der Waals surface area contributed by atoms with E-state index in [9.17, 15) is 0 Å². The van der Waals surface area contributed by atoms with Crippen LogP contribution >= 0.6 is 35.3 Å². The number of anilines is 1. The fraction of sp³-hybridized carbons (Fsp3) is 0.333. The minimum Gasteiger partial charge on any atom is -0.370 e. The Kier molecular flexibility index (Phi) is 7.10. The van der Waals surface area contributed by atoms with E-state index >= 15 is 0 Å². The largest absolute Gasteiger partial charge is 0.370 e. The van der Waals surface area contributed by atoms with E-state index in [2.05, 4.69) is 42.1 Å². The number of hydrogen-bond donors (Lipinski definition) is 2. The summed E-state index contributed by atoms with van der Waals surface area (Å²) in [6.45, 7) is 6.77. The van der Waals surface area contributed by atoms with E-state index in [1.165, 1.54) is 16.0 Å². The van der Waals surface area contributed by atoms with Gasteiger partial charge in [-0.25, -0.2) is 9.98 Å². The summed E-state index contributed by atoms with van der Waals surface area (Å²) in [7, 11) is 0. The molecule has 21 heavy (non-hydrogen) atoms. The van der Waals surface area contributed by atoms with Crippen LogP contribution in [0.15, 0.2) is 29.4 Å². The van der Waals surface area contributed by atoms with Crippen LogP contribution in [0.3, 0.4) is 0 Å². The maximum absolute atomic E-state index is 5.91. The molecule has 1 aromatic heterocycles. The number of guanidine groups is 1. The van der Waals surface area contributed by atoms with E-state index < -0.39 is 0 Å². The van der Waals surface area contributed by atoms with Gasteiger partial charge in [0.05, 0.1) is 6.54 Å². The summed E-state index contributed by atoms with van der Waals surface area (Å²) in [6, 6.07) is 6.22. The van der Waals surface area contributed by atoms with Crippen LogP contribution in [0.4, 0.5) is 5.69 Å². The van der Waals surface area contributed by atoms with Crippen LogP contribution in [-0.2, 0) is 13.0 Å². The molecule has 1 aromatic carbocycles. The first-order valence-electron chi connectivity index (χ1n) is 6.65. The lowest BCUT2D eigenvalue weighted by molar-refractivity contribution is 1.03. The maximum Gasteiger partial charge on any atom is 0.193 e. The van der Waals surface area contributed by atoms with Crippen molar-refractivity contribution in [3.63, 3.8) is 0 Å². The van der Waals surface area contributed by atoms with E-state index in [1.807, 2.05) is 18.3 Å². The number of halogens is 1. The van der Waals surface area contributed by atoms with Gasteiger partial charge in [-0.15, -0.1) is 35.3 Å². The molecular weight excluding hydrogens is 395 g/mol.